The van der Waals surface area contributed by atoms with E-state index in [0.29, 0.717) is 23.7 Å². The molecule has 0 saturated heterocycles. The summed E-state index contributed by atoms with van der Waals surface area (Å²) in [5.74, 6) is 0.713. The lowest BCUT2D eigenvalue weighted by molar-refractivity contribution is -0.121. The highest BCUT2D eigenvalue weighted by atomic mass is 35.5. The third-order valence-electron chi connectivity index (χ3n) is 2.59. The van der Waals surface area contributed by atoms with Gasteiger partial charge >= 0.3 is 0 Å². The zero-order chi connectivity index (χ0) is 13.4. The first-order valence-electron chi connectivity index (χ1n) is 5.91. The molecule has 0 atom stereocenters. The van der Waals surface area contributed by atoms with Gasteiger partial charge in [0.25, 0.3) is 0 Å². The maximum Gasteiger partial charge on any atom is 0.220 e. The predicted molar refractivity (Wildman–Crippen MR) is 73.0 cm³/mol. The number of benzene rings is 1. The van der Waals surface area contributed by atoms with Crippen molar-refractivity contribution in [3.63, 3.8) is 0 Å². The Kier molecular flexibility index (Phi) is 6.54. The van der Waals surface area contributed by atoms with Crippen LogP contribution in [0.4, 0.5) is 0 Å². The summed E-state index contributed by atoms with van der Waals surface area (Å²) in [7, 11) is 3.45. The zero-order valence-corrected chi connectivity index (χ0v) is 11.5. The molecule has 0 aromatic heterocycles. The number of hydrogen-bond acceptors (Lipinski definition) is 3. The second-order valence-corrected chi connectivity index (χ2v) is 4.31. The van der Waals surface area contributed by atoms with Crippen LogP contribution in [0.3, 0.4) is 0 Å². The summed E-state index contributed by atoms with van der Waals surface area (Å²) in [6.45, 7) is 1.23. The Labute approximate surface area is 113 Å². The summed E-state index contributed by atoms with van der Waals surface area (Å²) in [4.78, 5) is 11.6. The van der Waals surface area contributed by atoms with Gasteiger partial charge in [0.05, 0.1) is 7.11 Å². The number of methoxy groups -OCH3 is 1. The minimum absolute atomic E-state index is 0.0206. The molecular weight excluding hydrogens is 252 g/mol. The molecule has 100 valence electrons. The van der Waals surface area contributed by atoms with E-state index in [2.05, 4.69) is 10.6 Å². The van der Waals surface area contributed by atoms with Gasteiger partial charge in [0.2, 0.25) is 5.91 Å². The fourth-order valence-electron chi connectivity index (χ4n) is 1.60. The van der Waals surface area contributed by atoms with Crippen molar-refractivity contribution >= 4 is 17.5 Å². The summed E-state index contributed by atoms with van der Waals surface area (Å²) in [6, 6.07) is 5.43. The fourth-order valence-corrected chi connectivity index (χ4v) is 1.84. The Balaban J connectivity index is 2.50. The van der Waals surface area contributed by atoms with Crippen molar-refractivity contribution in [2.75, 3.05) is 20.7 Å². The number of nitrogens with one attached hydrogen (secondary N) is 2. The summed E-state index contributed by atoms with van der Waals surface area (Å²) in [6.07, 6.45) is 1.33. The maximum atomic E-state index is 11.6. The molecule has 0 unspecified atom stereocenters. The number of carbonyl (C=O) groups excluding carboxylic acids is 1. The van der Waals surface area contributed by atoms with Crippen LogP contribution >= 0.6 is 11.6 Å². The number of halogens is 1. The van der Waals surface area contributed by atoms with Gasteiger partial charge in [-0.1, -0.05) is 17.7 Å². The lowest BCUT2D eigenvalue weighted by Crippen LogP contribution is -2.24. The molecule has 5 heteroatoms. The highest BCUT2D eigenvalue weighted by Crippen LogP contribution is 2.25. The van der Waals surface area contributed by atoms with Crippen molar-refractivity contribution in [1.82, 2.24) is 10.6 Å². The van der Waals surface area contributed by atoms with Gasteiger partial charge in [-0.3, -0.25) is 4.79 Å². The standard InChI is InChI=1S/C13H19ClN2O2/c1-15-8-4-7-13(17)16-9-10-11(14)5-3-6-12(10)18-2/h3,5-6,15H,4,7-9H2,1-2H3,(H,16,17). The number of rotatable bonds is 7. The Morgan fingerprint density at radius 2 is 2.22 bits per heavy atom. The van der Waals surface area contributed by atoms with Crippen LogP contribution in [-0.4, -0.2) is 26.6 Å². The van der Waals surface area contributed by atoms with Crippen molar-refractivity contribution in [3.8, 4) is 5.75 Å². The summed E-state index contributed by atoms with van der Waals surface area (Å²) in [5, 5.41) is 6.45. The topological polar surface area (TPSA) is 50.4 Å². The van der Waals surface area contributed by atoms with Crippen molar-refractivity contribution in [3.05, 3.63) is 28.8 Å². The molecule has 18 heavy (non-hydrogen) atoms. The van der Waals surface area contributed by atoms with Gasteiger partial charge in [-0.05, 0) is 32.1 Å². The predicted octanol–water partition coefficient (Wildman–Crippen LogP) is 1.96. The van der Waals surface area contributed by atoms with Gasteiger partial charge < -0.3 is 15.4 Å². The lowest BCUT2D eigenvalue weighted by atomic mass is 10.2. The Morgan fingerprint density at radius 3 is 2.89 bits per heavy atom. The maximum absolute atomic E-state index is 11.6. The van der Waals surface area contributed by atoms with E-state index >= 15 is 0 Å². The van der Waals surface area contributed by atoms with Crippen molar-refractivity contribution < 1.29 is 9.53 Å². The molecule has 1 amide bonds. The number of ether oxygens (including phenoxy) is 1. The Bertz CT molecular complexity index is 397. The van der Waals surface area contributed by atoms with Crippen molar-refractivity contribution in [2.45, 2.75) is 19.4 Å². The van der Waals surface area contributed by atoms with Gasteiger partial charge in [-0.25, -0.2) is 0 Å². The molecule has 0 fully saturated rings. The van der Waals surface area contributed by atoms with Crippen LogP contribution in [0, 0.1) is 0 Å². The third-order valence-corrected chi connectivity index (χ3v) is 2.94. The molecule has 0 heterocycles. The van der Waals surface area contributed by atoms with E-state index in [-0.39, 0.29) is 5.91 Å². The largest absolute Gasteiger partial charge is 0.496 e. The molecule has 0 spiro atoms. The summed E-state index contributed by atoms with van der Waals surface area (Å²) >= 11 is 6.08. The first kappa shape index (κ1) is 14.8. The van der Waals surface area contributed by atoms with E-state index in [9.17, 15) is 4.79 Å². The first-order valence-corrected chi connectivity index (χ1v) is 6.29. The molecule has 0 aliphatic rings. The second-order valence-electron chi connectivity index (χ2n) is 3.90. The van der Waals surface area contributed by atoms with E-state index in [4.69, 9.17) is 16.3 Å². The lowest BCUT2D eigenvalue weighted by Gasteiger charge is -2.11. The van der Waals surface area contributed by atoms with Crippen LogP contribution in [0.1, 0.15) is 18.4 Å². The van der Waals surface area contributed by atoms with Gasteiger partial charge in [-0.2, -0.15) is 0 Å². The monoisotopic (exact) mass is 270 g/mol. The highest BCUT2D eigenvalue weighted by molar-refractivity contribution is 6.31. The first-order chi connectivity index (χ1) is 8.69. The summed E-state index contributed by atoms with van der Waals surface area (Å²) in [5.41, 5.74) is 0.809. The van der Waals surface area contributed by atoms with Crippen LogP contribution in [0.2, 0.25) is 5.02 Å². The minimum Gasteiger partial charge on any atom is -0.496 e. The second kappa shape index (κ2) is 7.95. The normalized spacial score (nSPS) is 10.2. The van der Waals surface area contributed by atoms with Crippen LogP contribution in [0.5, 0.6) is 5.75 Å². The van der Waals surface area contributed by atoms with Gasteiger partial charge in [0.1, 0.15) is 5.75 Å². The molecule has 4 nitrogen and oxygen atoms in total. The molecule has 1 rings (SSSR count). The van der Waals surface area contributed by atoms with Crippen molar-refractivity contribution in [1.29, 1.82) is 0 Å². The number of amides is 1. The van der Waals surface area contributed by atoms with Gasteiger partial charge in [-0.15, -0.1) is 0 Å². The Hall–Kier alpha value is -1.26. The summed E-state index contributed by atoms with van der Waals surface area (Å²) < 4.78 is 5.21. The molecule has 2 N–H and O–H groups in total. The minimum atomic E-state index is 0.0206. The van der Waals surface area contributed by atoms with E-state index in [0.717, 1.165) is 18.5 Å². The van der Waals surface area contributed by atoms with Gasteiger partial charge in [0, 0.05) is 23.6 Å². The molecular formula is C13H19ClN2O2. The molecule has 0 aliphatic carbocycles. The molecule has 0 radical (unpaired) electrons. The average molecular weight is 271 g/mol. The van der Waals surface area contributed by atoms with Gasteiger partial charge in [0.15, 0.2) is 0 Å². The third kappa shape index (κ3) is 4.55. The zero-order valence-electron chi connectivity index (χ0n) is 10.8. The molecule has 0 aliphatic heterocycles. The van der Waals surface area contributed by atoms with E-state index in [1.54, 1.807) is 13.2 Å². The van der Waals surface area contributed by atoms with Crippen LogP contribution in [-0.2, 0) is 11.3 Å². The van der Waals surface area contributed by atoms with Crippen LogP contribution in [0.15, 0.2) is 18.2 Å². The van der Waals surface area contributed by atoms with E-state index in [1.165, 1.54) is 0 Å². The van der Waals surface area contributed by atoms with E-state index in [1.807, 2.05) is 19.2 Å². The smallest absolute Gasteiger partial charge is 0.220 e. The van der Waals surface area contributed by atoms with E-state index < -0.39 is 0 Å². The average Bonchev–Trinajstić information content (AvgIpc) is 2.37. The van der Waals surface area contributed by atoms with Crippen molar-refractivity contribution in [2.24, 2.45) is 0 Å². The molecule has 0 saturated carbocycles. The molecule has 1 aromatic rings. The fraction of sp³-hybridized carbons (Fsp3) is 0.462. The molecule has 1 aromatic carbocycles. The number of hydrogen-bond donors (Lipinski definition) is 2. The Morgan fingerprint density at radius 1 is 1.44 bits per heavy atom. The van der Waals surface area contributed by atoms with Crippen LogP contribution in [0.25, 0.3) is 0 Å². The highest BCUT2D eigenvalue weighted by Gasteiger charge is 2.08. The number of carbonyl (C=O) groups is 1. The SMILES string of the molecule is CNCCCC(=O)NCc1c(Cl)cccc1OC. The quantitative estimate of drug-likeness (QED) is 0.745. The molecule has 0 bridgehead atoms. The van der Waals surface area contributed by atoms with Crippen LogP contribution < -0.4 is 15.4 Å².